The Kier molecular flexibility index (Phi) is 4.10. The molecule has 0 unspecified atom stereocenters. The summed E-state index contributed by atoms with van der Waals surface area (Å²) >= 11 is 0. The van der Waals surface area contributed by atoms with Gasteiger partial charge < -0.3 is 19.9 Å². The van der Waals surface area contributed by atoms with E-state index in [-0.39, 0.29) is 11.3 Å². The van der Waals surface area contributed by atoms with Gasteiger partial charge in [-0.1, -0.05) is 18.2 Å². The predicted molar refractivity (Wildman–Crippen MR) is 75.6 cm³/mol. The van der Waals surface area contributed by atoms with Crippen LogP contribution in [0.5, 0.6) is 17.2 Å². The van der Waals surface area contributed by atoms with Crippen molar-refractivity contribution in [2.75, 3.05) is 19.5 Å². The number of aromatic hydroxyl groups is 1. The van der Waals surface area contributed by atoms with Crippen molar-refractivity contribution in [2.24, 2.45) is 0 Å². The minimum absolute atomic E-state index is 0.00489. The molecular weight excluding hydrogens is 258 g/mol. The molecule has 0 aliphatic carbocycles. The zero-order chi connectivity index (χ0) is 14.5. The van der Waals surface area contributed by atoms with Gasteiger partial charge in [-0.2, -0.15) is 0 Å². The van der Waals surface area contributed by atoms with Gasteiger partial charge in [-0.15, -0.1) is 0 Å². The zero-order valence-corrected chi connectivity index (χ0v) is 11.2. The number of rotatable bonds is 4. The zero-order valence-electron chi connectivity index (χ0n) is 11.2. The summed E-state index contributed by atoms with van der Waals surface area (Å²) in [4.78, 5) is 12.3. The molecule has 1 amide bonds. The summed E-state index contributed by atoms with van der Waals surface area (Å²) < 4.78 is 10.3. The second-order valence-electron chi connectivity index (χ2n) is 4.01. The van der Waals surface area contributed by atoms with Crippen LogP contribution >= 0.6 is 0 Å². The van der Waals surface area contributed by atoms with E-state index in [4.69, 9.17) is 9.47 Å². The quantitative estimate of drug-likeness (QED) is 0.840. The van der Waals surface area contributed by atoms with Crippen LogP contribution in [0.15, 0.2) is 42.5 Å². The van der Waals surface area contributed by atoms with E-state index in [2.05, 4.69) is 5.32 Å². The summed E-state index contributed by atoms with van der Waals surface area (Å²) in [6.07, 6.45) is 0. The largest absolute Gasteiger partial charge is 0.506 e. The Morgan fingerprint density at radius 2 is 1.60 bits per heavy atom. The molecule has 0 saturated carbocycles. The van der Waals surface area contributed by atoms with Gasteiger partial charge in [0.15, 0.2) is 0 Å². The van der Waals surface area contributed by atoms with Crippen molar-refractivity contribution in [3.05, 3.63) is 48.0 Å². The lowest BCUT2D eigenvalue weighted by Crippen LogP contribution is -2.14. The number of anilines is 1. The average molecular weight is 273 g/mol. The topological polar surface area (TPSA) is 67.8 Å². The first kappa shape index (κ1) is 13.7. The number of carbonyl (C=O) groups excluding carboxylic acids is 1. The first-order valence-corrected chi connectivity index (χ1v) is 5.97. The Morgan fingerprint density at radius 3 is 2.15 bits per heavy atom. The second kappa shape index (κ2) is 5.97. The van der Waals surface area contributed by atoms with Crippen LogP contribution in [0.4, 0.5) is 5.69 Å². The van der Waals surface area contributed by atoms with Crippen LogP contribution < -0.4 is 14.8 Å². The highest BCUT2D eigenvalue weighted by Gasteiger charge is 2.18. The van der Waals surface area contributed by atoms with Gasteiger partial charge in [0.1, 0.15) is 22.8 Å². The molecule has 0 bridgehead atoms. The number of ether oxygens (including phenoxy) is 2. The lowest BCUT2D eigenvalue weighted by Gasteiger charge is -2.13. The minimum Gasteiger partial charge on any atom is -0.506 e. The first-order chi connectivity index (χ1) is 9.67. The summed E-state index contributed by atoms with van der Waals surface area (Å²) in [6.45, 7) is 0. The fourth-order valence-corrected chi connectivity index (χ4v) is 1.84. The number of para-hydroxylation sites is 2. The number of phenols is 1. The molecule has 20 heavy (non-hydrogen) atoms. The van der Waals surface area contributed by atoms with E-state index in [9.17, 15) is 9.90 Å². The van der Waals surface area contributed by atoms with Crippen molar-refractivity contribution in [2.45, 2.75) is 0 Å². The third-order valence-electron chi connectivity index (χ3n) is 2.81. The number of methoxy groups -OCH3 is 2. The molecule has 0 aromatic heterocycles. The Hall–Kier alpha value is -2.69. The normalized spacial score (nSPS) is 9.90. The smallest absolute Gasteiger partial charge is 0.263 e. The number of benzene rings is 2. The van der Waals surface area contributed by atoms with Crippen molar-refractivity contribution >= 4 is 11.6 Å². The van der Waals surface area contributed by atoms with Gasteiger partial charge in [-0.25, -0.2) is 0 Å². The van der Waals surface area contributed by atoms with Gasteiger partial charge in [0.05, 0.1) is 19.9 Å². The number of amides is 1. The summed E-state index contributed by atoms with van der Waals surface area (Å²) in [7, 11) is 2.96. The lowest BCUT2D eigenvalue weighted by atomic mass is 10.1. The Balaban J connectivity index is 2.36. The number of nitrogens with one attached hydrogen (secondary N) is 1. The Labute approximate surface area is 116 Å². The van der Waals surface area contributed by atoms with Crippen molar-refractivity contribution in [3.8, 4) is 17.2 Å². The van der Waals surface area contributed by atoms with Gasteiger partial charge in [-0.05, 0) is 24.3 Å². The molecule has 5 heteroatoms. The molecule has 0 aliphatic rings. The second-order valence-corrected chi connectivity index (χ2v) is 4.01. The van der Waals surface area contributed by atoms with Crippen LogP contribution in [-0.4, -0.2) is 25.2 Å². The standard InChI is InChI=1S/C15H15NO4/c1-19-12-8-5-9-13(20-2)14(12)15(18)16-10-6-3-4-7-11(10)17/h3-9,17H,1-2H3,(H,16,18). The maximum Gasteiger partial charge on any atom is 0.263 e. The Morgan fingerprint density at radius 1 is 1.00 bits per heavy atom. The molecule has 5 nitrogen and oxygen atoms in total. The van der Waals surface area contributed by atoms with Gasteiger partial charge in [-0.3, -0.25) is 4.79 Å². The maximum atomic E-state index is 12.3. The van der Waals surface area contributed by atoms with E-state index in [0.29, 0.717) is 17.2 Å². The minimum atomic E-state index is -0.416. The van der Waals surface area contributed by atoms with Crippen LogP contribution in [0.1, 0.15) is 10.4 Å². The highest BCUT2D eigenvalue weighted by molar-refractivity contribution is 6.08. The fourth-order valence-electron chi connectivity index (χ4n) is 1.84. The predicted octanol–water partition coefficient (Wildman–Crippen LogP) is 2.66. The molecule has 2 aromatic carbocycles. The van der Waals surface area contributed by atoms with Crippen molar-refractivity contribution in [3.63, 3.8) is 0 Å². The molecule has 0 heterocycles. The van der Waals surface area contributed by atoms with Crippen molar-refractivity contribution < 1.29 is 19.4 Å². The Bertz CT molecular complexity index is 603. The maximum absolute atomic E-state index is 12.3. The van der Waals surface area contributed by atoms with Gasteiger partial charge in [0.2, 0.25) is 0 Å². The molecule has 0 atom stereocenters. The van der Waals surface area contributed by atoms with Crippen LogP contribution in [0, 0.1) is 0 Å². The molecule has 0 radical (unpaired) electrons. The molecule has 0 spiro atoms. The molecule has 2 aromatic rings. The first-order valence-electron chi connectivity index (χ1n) is 5.97. The highest BCUT2D eigenvalue weighted by atomic mass is 16.5. The third-order valence-corrected chi connectivity index (χ3v) is 2.81. The van der Waals surface area contributed by atoms with Crippen LogP contribution in [0.3, 0.4) is 0 Å². The van der Waals surface area contributed by atoms with Crippen molar-refractivity contribution in [1.82, 2.24) is 0 Å². The van der Waals surface area contributed by atoms with E-state index >= 15 is 0 Å². The molecule has 0 fully saturated rings. The molecule has 2 N–H and O–H groups in total. The average Bonchev–Trinajstić information content (AvgIpc) is 2.48. The molecule has 104 valence electrons. The number of hydrogen-bond acceptors (Lipinski definition) is 4. The van der Waals surface area contributed by atoms with E-state index in [0.717, 1.165) is 0 Å². The molecular formula is C15H15NO4. The van der Waals surface area contributed by atoms with Gasteiger partial charge >= 0.3 is 0 Å². The summed E-state index contributed by atoms with van der Waals surface area (Å²) in [5.74, 6) is 0.380. The summed E-state index contributed by atoms with van der Waals surface area (Å²) in [5.41, 5.74) is 0.603. The number of hydrogen-bond donors (Lipinski definition) is 2. The monoisotopic (exact) mass is 273 g/mol. The van der Waals surface area contributed by atoms with E-state index in [1.165, 1.54) is 20.3 Å². The van der Waals surface area contributed by atoms with Gasteiger partial charge in [0, 0.05) is 0 Å². The van der Waals surface area contributed by atoms with E-state index < -0.39 is 5.91 Å². The van der Waals surface area contributed by atoms with Crippen LogP contribution in [-0.2, 0) is 0 Å². The summed E-state index contributed by atoms with van der Waals surface area (Å²) in [6, 6.07) is 11.6. The van der Waals surface area contributed by atoms with E-state index in [1.807, 2.05) is 0 Å². The summed E-state index contributed by atoms with van der Waals surface area (Å²) in [5, 5.41) is 12.3. The number of carbonyl (C=O) groups is 1. The van der Waals surface area contributed by atoms with E-state index in [1.54, 1.807) is 36.4 Å². The highest BCUT2D eigenvalue weighted by Crippen LogP contribution is 2.30. The SMILES string of the molecule is COc1cccc(OC)c1C(=O)Nc1ccccc1O. The number of phenolic OH excluding ortho intramolecular Hbond substituents is 1. The van der Waals surface area contributed by atoms with Crippen LogP contribution in [0.25, 0.3) is 0 Å². The molecule has 0 saturated heterocycles. The van der Waals surface area contributed by atoms with Crippen molar-refractivity contribution in [1.29, 1.82) is 0 Å². The molecule has 0 aliphatic heterocycles. The lowest BCUT2D eigenvalue weighted by molar-refractivity contribution is 0.102. The fraction of sp³-hybridized carbons (Fsp3) is 0.133. The third kappa shape index (κ3) is 2.66. The molecule has 2 rings (SSSR count). The van der Waals surface area contributed by atoms with Gasteiger partial charge in [0.25, 0.3) is 5.91 Å². The van der Waals surface area contributed by atoms with Crippen LogP contribution in [0.2, 0.25) is 0 Å².